The smallest absolute Gasteiger partial charge is 0.281 e. The Morgan fingerprint density at radius 3 is 2.56 bits per heavy atom. The first kappa shape index (κ1) is 25.8. The van der Waals surface area contributed by atoms with Crippen molar-refractivity contribution in [1.29, 1.82) is 0 Å². The molecular formula is C25H20Cl2N4O3S2. The minimum Gasteiger partial charge on any atom is -0.506 e. The Hall–Kier alpha value is -3.24. The van der Waals surface area contributed by atoms with Gasteiger partial charge in [0.2, 0.25) is 0 Å². The van der Waals surface area contributed by atoms with Crippen LogP contribution in [-0.2, 0) is 6.42 Å². The van der Waals surface area contributed by atoms with E-state index >= 15 is 0 Å². The largest absolute Gasteiger partial charge is 0.506 e. The fourth-order valence-electron chi connectivity index (χ4n) is 3.22. The van der Waals surface area contributed by atoms with Crippen LogP contribution in [0.5, 0.6) is 5.75 Å². The van der Waals surface area contributed by atoms with E-state index in [-0.39, 0.29) is 11.7 Å². The summed E-state index contributed by atoms with van der Waals surface area (Å²) in [5.41, 5.74) is 5.00. The molecule has 3 N–H and O–H groups in total. The van der Waals surface area contributed by atoms with E-state index in [1.807, 2.05) is 18.2 Å². The molecule has 0 saturated heterocycles. The van der Waals surface area contributed by atoms with Crippen molar-refractivity contribution < 1.29 is 14.7 Å². The number of hydrazone groups is 1. The molecule has 0 bridgehead atoms. The summed E-state index contributed by atoms with van der Waals surface area (Å²) in [4.78, 5) is 30.6. The SMILES string of the molecule is C/C(=N\NC(=O)c1ccc(C(=O)NCCc2ccccn2)s1)c1csc(-c2ccc(Cl)c(Cl)c2)c1O. The summed E-state index contributed by atoms with van der Waals surface area (Å²) < 4.78 is 0. The van der Waals surface area contributed by atoms with Crippen molar-refractivity contribution in [3.05, 3.63) is 91.2 Å². The quantitative estimate of drug-likeness (QED) is 0.182. The zero-order chi connectivity index (χ0) is 25.7. The van der Waals surface area contributed by atoms with Gasteiger partial charge in [-0.2, -0.15) is 5.10 Å². The number of carbonyl (C=O) groups excluding carboxylic acids is 2. The van der Waals surface area contributed by atoms with Crippen molar-refractivity contribution in [2.75, 3.05) is 6.54 Å². The number of hydrogen-bond acceptors (Lipinski definition) is 7. The Morgan fingerprint density at radius 1 is 1.06 bits per heavy atom. The van der Waals surface area contributed by atoms with Crippen LogP contribution in [0.3, 0.4) is 0 Å². The van der Waals surface area contributed by atoms with Gasteiger partial charge < -0.3 is 10.4 Å². The molecule has 0 atom stereocenters. The summed E-state index contributed by atoms with van der Waals surface area (Å²) in [7, 11) is 0. The van der Waals surface area contributed by atoms with Crippen LogP contribution in [0.2, 0.25) is 10.0 Å². The minimum atomic E-state index is -0.452. The number of halogens is 2. The molecule has 0 aliphatic carbocycles. The Balaban J connectivity index is 1.36. The third kappa shape index (κ3) is 6.11. The van der Waals surface area contributed by atoms with Gasteiger partial charge in [-0.05, 0) is 48.9 Å². The molecule has 1 aromatic carbocycles. The lowest BCUT2D eigenvalue weighted by Gasteiger charge is -2.04. The molecule has 4 aromatic rings. The number of aromatic nitrogens is 1. The van der Waals surface area contributed by atoms with Crippen molar-refractivity contribution in [3.8, 4) is 16.2 Å². The first-order valence-electron chi connectivity index (χ1n) is 10.7. The molecule has 11 heteroatoms. The number of rotatable bonds is 8. The van der Waals surface area contributed by atoms with Crippen molar-refractivity contribution in [2.45, 2.75) is 13.3 Å². The molecule has 0 unspecified atom stereocenters. The zero-order valence-electron chi connectivity index (χ0n) is 18.9. The minimum absolute atomic E-state index is 0.0367. The molecule has 2 amide bonds. The van der Waals surface area contributed by atoms with Crippen molar-refractivity contribution in [2.24, 2.45) is 5.10 Å². The molecule has 3 aromatic heterocycles. The van der Waals surface area contributed by atoms with Gasteiger partial charge in [-0.15, -0.1) is 22.7 Å². The summed E-state index contributed by atoms with van der Waals surface area (Å²) in [6, 6.07) is 13.9. The molecule has 36 heavy (non-hydrogen) atoms. The van der Waals surface area contributed by atoms with Crippen LogP contribution in [0, 0.1) is 0 Å². The number of pyridine rings is 1. The van der Waals surface area contributed by atoms with Crippen molar-refractivity contribution >= 4 is 63.4 Å². The van der Waals surface area contributed by atoms with Gasteiger partial charge in [0.15, 0.2) is 0 Å². The average molecular weight is 560 g/mol. The van der Waals surface area contributed by atoms with Crippen LogP contribution >= 0.6 is 45.9 Å². The van der Waals surface area contributed by atoms with Gasteiger partial charge in [-0.1, -0.05) is 35.3 Å². The summed E-state index contributed by atoms with van der Waals surface area (Å²) >= 11 is 14.5. The van der Waals surface area contributed by atoms with Gasteiger partial charge in [0.05, 0.1) is 36.0 Å². The number of nitrogens with zero attached hydrogens (tertiary/aromatic N) is 2. The Bertz CT molecular complexity index is 1430. The van der Waals surface area contributed by atoms with Crippen molar-refractivity contribution in [3.63, 3.8) is 0 Å². The molecule has 0 aliphatic heterocycles. The number of nitrogens with one attached hydrogen (secondary N) is 2. The van der Waals surface area contributed by atoms with Gasteiger partial charge >= 0.3 is 0 Å². The van der Waals surface area contributed by atoms with E-state index in [4.69, 9.17) is 23.2 Å². The third-order valence-electron chi connectivity index (χ3n) is 5.11. The topological polar surface area (TPSA) is 104 Å². The lowest BCUT2D eigenvalue weighted by Crippen LogP contribution is -2.25. The Labute approximate surface area is 225 Å². The second kappa shape index (κ2) is 11.7. The van der Waals surface area contributed by atoms with E-state index in [0.29, 0.717) is 48.9 Å². The van der Waals surface area contributed by atoms with E-state index in [2.05, 4.69) is 20.8 Å². The Kier molecular flexibility index (Phi) is 8.37. The number of thiophene rings is 2. The first-order valence-corrected chi connectivity index (χ1v) is 13.2. The van der Waals surface area contributed by atoms with Gasteiger partial charge in [0.1, 0.15) is 5.75 Å². The second-order valence-corrected chi connectivity index (χ2v) is 10.4. The summed E-state index contributed by atoms with van der Waals surface area (Å²) in [5, 5.41) is 20.2. The van der Waals surface area contributed by atoms with Crippen molar-refractivity contribution in [1.82, 2.24) is 15.7 Å². The highest BCUT2D eigenvalue weighted by Gasteiger charge is 2.17. The summed E-state index contributed by atoms with van der Waals surface area (Å²) in [5.74, 6) is -0.673. The first-order chi connectivity index (χ1) is 17.3. The summed E-state index contributed by atoms with van der Waals surface area (Å²) in [6.45, 7) is 2.11. The molecule has 4 rings (SSSR count). The van der Waals surface area contributed by atoms with E-state index in [1.165, 1.54) is 11.3 Å². The fourth-order valence-corrected chi connectivity index (χ4v) is 5.33. The average Bonchev–Trinajstić information content (AvgIpc) is 3.52. The molecule has 184 valence electrons. The monoisotopic (exact) mass is 558 g/mol. The number of aromatic hydroxyl groups is 1. The summed E-state index contributed by atoms with van der Waals surface area (Å²) in [6.07, 6.45) is 2.32. The normalized spacial score (nSPS) is 11.4. The lowest BCUT2D eigenvalue weighted by molar-refractivity contribution is 0.0951. The highest BCUT2D eigenvalue weighted by molar-refractivity contribution is 7.16. The standard InChI is InChI=1S/C25H20Cl2N4O3S2/c1-14(17-13-35-23(22(17)32)15-5-6-18(26)19(27)12-15)30-31-25(34)21-8-7-20(36-21)24(33)29-11-9-16-4-2-3-10-28-16/h2-8,10,12-13,32H,9,11H2,1H3,(H,29,33)(H,31,34)/b30-14+. The van der Waals surface area contributed by atoms with Crippen LogP contribution < -0.4 is 10.7 Å². The molecule has 7 nitrogen and oxygen atoms in total. The lowest BCUT2D eigenvalue weighted by atomic mass is 10.1. The molecule has 0 spiro atoms. The second-order valence-electron chi connectivity index (χ2n) is 7.59. The molecular weight excluding hydrogens is 539 g/mol. The van der Waals surface area contributed by atoms with Gasteiger partial charge in [-0.25, -0.2) is 5.43 Å². The van der Waals surface area contributed by atoms with E-state index in [0.717, 1.165) is 22.6 Å². The number of benzene rings is 1. The molecule has 0 saturated carbocycles. The maximum atomic E-state index is 12.6. The number of carbonyl (C=O) groups is 2. The Morgan fingerprint density at radius 2 is 1.83 bits per heavy atom. The molecule has 0 radical (unpaired) electrons. The number of hydrogen-bond donors (Lipinski definition) is 3. The van der Waals surface area contributed by atoms with Crippen LogP contribution in [0.1, 0.15) is 37.5 Å². The van der Waals surface area contributed by atoms with Crippen LogP contribution in [-0.4, -0.2) is 34.2 Å². The van der Waals surface area contributed by atoms with Gasteiger partial charge in [0, 0.05) is 30.2 Å². The molecule has 3 heterocycles. The zero-order valence-corrected chi connectivity index (χ0v) is 22.1. The molecule has 0 aliphatic rings. The van der Waals surface area contributed by atoms with Crippen LogP contribution in [0.25, 0.3) is 10.4 Å². The molecule has 0 fully saturated rings. The predicted octanol–water partition coefficient (Wildman–Crippen LogP) is 6.01. The van der Waals surface area contributed by atoms with E-state index in [9.17, 15) is 14.7 Å². The van der Waals surface area contributed by atoms with Crippen LogP contribution in [0.4, 0.5) is 0 Å². The fraction of sp³-hybridized carbons (Fsp3) is 0.120. The maximum absolute atomic E-state index is 12.6. The van der Waals surface area contributed by atoms with Crippen LogP contribution in [0.15, 0.2) is 65.2 Å². The third-order valence-corrected chi connectivity index (χ3v) is 7.95. The van der Waals surface area contributed by atoms with E-state index in [1.54, 1.807) is 48.8 Å². The number of amides is 2. The highest BCUT2D eigenvalue weighted by atomic mass is 35.5. The van der Waals surface area contributed by atoms with Gasteiger partial charge in [-0.3, -0.25) is 14.6 Å². The highest BCUT2D eigenvalue weighted by Crippen LogP contribution is 2.40. The maximum Gasteiger partial charge on any atom is 0.281 e. The predicted molar refractivity (Wildman–Crippen MR) is 146 cm³/mol. The van der Waals surface area contributed by atoms with E-state index < -0.39 is 5.91 Å². The van der Waals surface area contributed by atoms with Gasteiger partial charge in [0.25, 0.3) is 11.8 Å².